The minimum atomic E-state index is -0.271. The number of rotatable bonds is 3. The van der Waals surface area contributed by atoms with Gasteiger partial charge in [-0.3, -0.25) is 9.78 Å². The van der Waals surface area contributed by atoms with Gasteiger partial charge in [0.05, 0.1) is 18.3 Å². The zero-order valence-corrected chi connectivity index (χ0v) is 9.99. The summed E-state index contributed by atoms with van der Waals surface area (Å²) >= 11 is 5.46. The maximum Gasteiger partial charge on any atom is 0.239 e. The number of hydrogen-bond acceptors (Lipinski definition) is 3. The molecule has 1 heterocycles. The summed E-state index contributed by atoms with van der Waals surface area (Å²) in [6.45, 7) is 0. The molecule has 0 saturated heterocycles. The summed E-state index contributed by atoms with van der Waals surface area (Å²) in [5.41, 5.74) is 1.32. The van der Waals surface area contributed by atoms with Crippen LogP contribution in [0.5, 0.6) is 5.75 Å². The summed E-state index contributed by atoms with van der Waals surface area (Å²) in [7, 11) is 1.57. The van der Waals surface area contributed by atoms with Crippen molar-refractivity contribution in [3.05, 3.63) is 30.5 Å². The van der Waals surface area contributed by atoms with Crippen molar-refractivity contribution >= 4 is 34.1 Å². The van der Waals surface area contributed by atoms with Crippen molar-refractivity contribution in [3.8, 4) is 5.75 Å². The number of nitrogens with one attached hydrogen (secondary N) is 1. The number of alkyl halides is 1. The molecule has 0 radical (unpaired) electrons. The molecule has 1 N–H and O–H groups in total. The smallest absolute Gasteiger partial charge is 0.239 e. The van der Waals surface area contributed by atoms with Gasteiger partial charge in [-0.15, -0.1) is 11.6 Å². The fourth-order valence-corrected chi connectivity index (χ4v) is 1.63. The molecule has 0 saturated carbocycles. The Morgan fingerprint density at radius 3 is 3.06 bits per heavy atom. The van der Waals surface area contributed by atoms with E-state index in [-0.39, 0.29) is 11.8 Å². The molecule has 88 valence electrons. The van der Waals surface area contributed by atoms with Gasteiger partial charge in [-0.2, -0.15) is 0 Å². The quantitative estimate of drug-likeness (QED) is 0.852. The molecule has 17 heavy (non-hydrogen) atoms. The topological polar surface area (TPSA) is 51.2 Å². The molecule has 0 atom stereocenters. The van der Waals surface area contributed by atoms with Crippen LogP contribution in [0.1, 0.15) is 0 Å². The van der Waals surface area contributed by atoms with Gasteiger partial charge in [0.15, 0.2) is 0 Å². The minimum absolute atomic E-state index is 0.0917. The number of nitrogens with zero attached hydrogens (tertiary/aromatic N) is 1. The van der Waals surface area contributed by atoms with Gasteiger partial charge in [-0.05, 0) is 12.1 Å². The standard InChI is InChI=1S/C12H11ClN2O2/c1-17-9-5-8-3-2-4-14-12(8)10(6-9)15-11(16)7-13/h2-6H,7H2,1H3,(H,15,16). The molecule has 1 amide bonds. The summed E-state index contributed by atoms with van der Waals surface area (Å²) in [5.74, 6) is 0.299. The predicted molar refractivity (Wildman–Crippen MR) is 67.6 cm³/mol. The highest BCUT2D eigenvalue weighted by Crippen LogP contribution is 2.27. The molecule has 2 rings (SSSR count). The molecule has 0 bridgehead atoms. The predicted octanol–water partition coefficient (Wildman–Crippen LogP) is 2.42. The maximum atomic E-state index is 11.3. The van der Waals surface area contributed by atoms with Crippen LogP contribution in [-0.4, -0.2) is 23.9 Å². The Hall–Kier alpha value is -1.81. The first-order valence-corrected chi connectivity index (χ1v) is 5.56. The molecule has 2 aromatic rings. The second-order valence-corrected chi connectivity index (χ2v) is 3.70. The van der Waals surface area contributed by atoms with Crippen LogP contribution in [0.3, 0.4) is 0 Å². The zero-order chi connectivity index (χ0) is 12.3. The number of carbonyl (C=O) groups is 1. The van der Waals surface area contributed by atoms with E-state index in [2.05, 4.69) is 10.3 Å². The molecule has 1 aromatic carbocycles. The molecule has 0 aliphatic rings. The molecule has 0 spiro atoms. The average molecular weight is 251 g/mol. The second-order valence-electron chi connectivity index (χ2n) is 3.43. The average Bonchev–Trinajstić information content (AvgIpc) is 2.38. The lowest BCUT2D eigenvalue weighted by Gasteiger charge is -2.09. The largest absolute Gasteiger partial charge is 0.497 e. The first-order valence-electron chi connectivity index (χ1n) is 5.03. The van der Waals surface area contributed by atoms with E-state index in [1.54, 1.807) is 19.4 Å². The highest BCUT2D eigenvalue weighted by Gasteiger charge is 2.08. The summed E-state index contributed by atoms with van der Waals surface area (Å²) in [6.07, 6.45) is 1.67. The monoisotopic (exact) mass is 250 g/mol. The fraction of sp³-hybridized carbons (Fsp3) is 0.167. The molecule has 0 aliphatic heterocycles. The molecule has 0 unspecified atom stereocenters. The normalized spacial score (nSPS) is 10.2. The third kappa shape index (κ3) is 2.47. The number of ether oxygens (including phenoxy) is 1. The first kappa shape index (κ1) is 11.7. The van der Waals surface area contributed by atoms with Gasteiger partial charge in [-0.1, -0.05) is 6.07 Å². The fourth-order valence-electron chi connectivity index (χ4n) is 1.56. The van der Waals surface area contributed by atoms with Crippen LogP contribution in [0.2, 0.25) is 0 Å². The third-order valence-electron chi connectivity index (χ3n) is 2.31. The van der Waals surface area contributed by atoms with E-state index in [1.807, 2.05) is 18.2 Å². The number of aromatic nitrogens is 1. The van der Waals surface area contributed by atoms with E-state index in [0.717, 1.165) is 5.39 Å². The van der Waals surface area contributed by atoms with E-state index in [1.165, 1.54) is 0 Å². The number of pyridine rings is 1. The van der Waals surface area contributed by atoms with Crippen molar-refractivity contribution in [3.63, 3.8) is 0 Å². The number of fused-ring (bicyclic) bond motifs is 1. The lowest BCUT2D eigenvalue weighted by molar-refractivity contribution is -0.113. The Morgan fingerprint density at radius 1 is 1.53 bits per heavy atom. The van der Waals surface area contributed by atoms with Gasteiger partial charge in [0.25, 0.3) is 0 Å². The minimum Gasteiger partial charge on any atom is -0.497 e. The van der Waals surface area contributed by atoms with E-state index in [4.69, 9.17) is 16.3 Å². The van der Waals surface area contributed by atoms with Crippen LogP contribution in [0, 0.1) is 0 Å². The molecule has 1 aromatic heterocycles. The van der Waals surface area contributed by atoms with Gasteiger partial charge in [-0.25, -0.2) is 0 Å². The molecule has 0 aliphatic carbocycles. The van der Waals surface area contributed by atoms with E-state index in [0.29, 0.717) is 17.0 Å². The van der Waals surface area contributed by atoms with Crippen LogP contribution < -0.4 is 10.1 Å². The van der Waals surface area contributed by atoms with Crippen molar-refractivity contribution in [1.82, 2.24) is 4.98 Å². The number of anilines is 1. The Labute approximate surface area is 104 Å². The van der Waals surface area contributed by atoms with Crippen molar-refractivity contribution < 1.29 is 9.53 Å². The number of halogens is 1. The summed E-state index contributed by atoms with van der Waals surface area (Å²) < 4.78 is 5.17. The van der Waals surface area contributed by atoms with Crippen molar-refractivity contribution in [1.29, 1.82) is 0 Å². The highest BCUT2D eigenvalue weighted by atomic mass is 35.5. The zero-order valence-electron chi connectivity index (χ0n) is 9.24. The van der Waals surface area contributed by atoms with Crippen LogP contribution in [0.25, 0.3) is 10.9 Å². The van der Waals surface area contributed by atoms with Gasteiger partial charge < -0.3 is 10.1 Å². The van der Waals surface area contributed by atoms with Gasteiger partial charge in [0, 0.05) is 17.6 Å². The van der Waals surface area contributed by atoms with E-state index in [9.17, 15) is 4.79 Å². The van der Waals surface area contributed by atoms with Gasteiger partial charge >= 0.3 is 0 Å². The third-order valence-corrected chi connectivity index (χ3v) is 2.55. The second kappa shape index (κ2) is 5.01. The highest BCUT2D eigenvalue weighted by molar-refractivity contribution is 6.29. The van der Waals surface area contributed by atoms with Crippen LogP contribution in [0.4, 0.5) is 5.69 Å². The number of carbonyl (C=O) groups excluding carboxylic acids is 1. The number of methoxy groups -OCH3 is 1. The molecular weight excluding hydrogens is 240 g/mol. The first-order chi connectivity index (χ1) is 8.24. The molecule has 5 heteroatoms. The van der Waals surface area contributed by atoms with Gasteiger partial charge in [0.2, 0.25) is 5.91 Å². The van der Waals surface area contributed by atoms with Crippen LogP contribution >= 0.6 is 11.6 Å². The molecular formula is C12H11ClN2O2. The lowest BCUT2D eigenvalue weighted by Crippen LogP contribution is -2.13. The Morgan fingerprint density at radius 2 is 2.35 bits per heavy atom. The summed E-state index contributed by atoms with van der Waals surface area (Å²) in [4.78, 5) is 15.5. The lowest BCUT2D eigenvalue weighted by atomic mass is 10.2. The van der Waals surface area contributed by atoms with Crippen molar-refractivity contribution in [2.75, 3.05) is 18.3 Å². The molecule has 4 nitrogen and oxygen atoms in total. The number of amides is 1. The van der Waals surface area contributed by atoms with Crippen molar-refractivity contribution in [2.24, 2.45) is 0 Å². The van der Waals surface area contributed by atoms with Crippen molar-refractivity contribution in [2.45, 2.75) is 0 Å². The Balaban J connectivity index is 2.54. The maximum absolute atomic E-state index is 11.3. The number of benzene rings is 1. The Kier molecular flexibility index (Phi) is 3.44. The van der Waals surface area contributed by atoms with E-state index >= 15 is 0 Å². The summed E-state index contributed by atoms with van der Waals surface area (Å²) in [5, 5.41) is 3.60. The van der Waals surface area contributed by atoms with Crippen LogP contribution in [-0.2, 0) is 4.79 Å². The summed E-state index contributed by atoms with van der Waals surface area (Å²) in [6, 6.07) is 7.31. The number of hydrogen-bond donors (Lipinski definition) is 1. The van der Waals surface area contributed by atoms with Crippen LogP contribution in [0.15, 0.2) is 30.5 Å². The molecule has 0 fully saturated rings. The SMILES string of the molecule is COc1cc(NC(=O)CCl)c2ncccc2c1. The Bertz CT molecular complexity index is 557. The van der Waals surface area contributed by atoms with Gasteiger partial charge in [0.1, 0.15) is 11.6 Å². The van der Waals surface area contributed by atoms with E-state index < -0.39 is 0 Å².